The smallest absolute Gasteiger partial charge is 0.341 e. The van der Waals surface area contributed by atoms with Crippen molar-refractivity contribution in [2.45, 2.75) is 45.4 Å². The molecule has 0 radical (unpaired) electrons. The summed E-state index contributed by atoms with van der Waals surface area (Å²) in [5.41, 5.74) is 1.26. The van der Waals surface area contributed by atoms with E-state index in [2.05, 4.69) is 35.5 Å². The van der Waals surface area contributed by atoms with Crippen molar-refractivity contribution in [1.82, 2.24) is 10.6 Å². The Morgan fingerprint density at radius 1 is 1.36 bits per heavy atom. The molecule has 0 fully saturated rings. The number of nitrogens with zero attached hydrogens (tertiary/aromatic N) is 1. The zero-order valence-electron chi connectivity index (χ0n) is 17.0. The lowest BCUT2D eigenvalue weighted by atomic mass is 9.90. The van der Waals surface area contributed by atoms with Gasteiger partial charge in [-0.25, -0.2) is 4.79 Å². The molecular weight excluding hydrogens is 358 g/mol. The number of aliphatic imine (C=N–C) groups is 1. The fourth-order valence-electron chi connectivity index (χ4n) is 3.40. The summed E-state index contributed by atoms with van der Waals surface area (Å²) in [6, 6.07) is 9.78. The van der Waals surface area contributed by atoms with Crippen LogP contribution in [0, 0.1) is 6.92 Å². The molecule has 3 rings (SSSR count). The van der Waals surface area contributed by atoms with Gasteiger partial charge >= 0.3 is 5.97 Å². The van der Waals surface area contributed by atoms with Crippen molar-refractivity contribution in [3.05, 3.63) is 53.0 Å². The molecule has 0 amide bonds. The molecule has 1 atom stereocenters. The number of hydrogen-bond acceptors (Lipinski definition) is 5. The third kappa shape index (κ3) is 4.30. The first-order chi connectivity index (χ1) is 13.3. The second kappa shape index (κ2) is 7.96. The van der Waals surface area contributed by atoms with Crippen LogP contribution in [0.25, 0.3) is 0 Å². The second-order valence-corrected chi connectivity index (χ2v) is 7.40. The summed E-state index contributed by atoms with van der Waals surface area (Å²) in [5.74, 6) is 2.29. The maximum absolute atomic E-state index is 11.7. The summed E-state index contributed by atoms with van der Waals surface area (Å²) < 4.78 is 16.5. The molecule has 1 aromatic heterocycles. The molecule has 1 aromatic carbocycles. The van der Waals surface area contributed by atoms with E-state index in [1.54, 1.807) is 20.0 Å². The number of furan rings is 1. The van der Waals surface area contributed by atoms with Gasteiger partial charge in [0.1, 0.15) is 28.4 Å². The molecule has 150 valence electrons. The molecular formula is C21H27N3O4. The minimum Gasteiger partial charge on any atom is -0.487 e. The van der Waals surface area contributed by atoms with E-state index in [1.165, 1.54) is 7.11 Å². The standard InChI is InChI=1S/C21H27N3O4/c1-13-16(19(25)26-5)10-14(27-13)12-23-20(22-4)24-17-11-21(2,3)28-18-9-7-6-8-15(17)18/h6-10,17H,11-12H2,1-5H3,(H2,22,23,24). The average Bonchev–Trinajstić information content (AvgIpc) is 3.04. The average molecular weight is 385 g/mol. The first-order valence-corrected chi connectivity index (χ1v) is 9.25. The summed E-state index contributed by atoms with van der Waals surface area (Å²) >= 11 is 0. The highest BCUT2D eigenvalue weighted by molar-refractivity contribution is 5.90. The van der Waals surface area contributed by atoms with Gasteiger partial charge in [0.15, 0.2) is 5.96 Å². The van der Waals surface area contributed by atoms with Gasteiger partial charge in [-0.15, -0.1) is 0 Å². The van der Waals surface area contributed by atoms with Crippen molar-refractivity contribution in [3.63, 3.8) is 0 Å². The number of nitrogens with one attached hydrogen (secondary N) is 2. The number of esters is 1. The summed E-state index contributed by atoms with van der Waals surface area (Å²) in [4.78, 5) is 16.1. The molecule has 7 heteroatoms. The van der Waals surface area contributed by atoms with E-state index < -0.39 is 5.97 Å². The van der Waals surface area contributed by atoms with Crippen LogP contribution in [0.1, 0.15) is 53.8 Å². The van der Waals surface area contributed by atoms with Crippen molar-refractivity contribution < 1.29 is 18.7 Å². The van der Waals surface area contributed by atoms with Gasteiger partial charge in [-0.3, -0.25) is 4.99 Å². The van der Waals surface area contributed by atoms with Crippen LogP contribution in [-0.4, -0.2) is 31.7 Å². The van der Waals surface area contributed by atoms with Gasteiger partial charge in [-0.05, 0) is 32.9 Å². The largest absolute Gasteiger partial charge is 0.487 e. The molecule has 0 aliphatic carbocycles. The van der Waals surface area contributed by atoms with Crippen LogP contribution in [0.2, 0.25) is 0 Å². The van der Waals surface area contributed by atoms with Gasteiger partial charge in [-0.1, -0.05) is 18.2 Å². The Labute approximate surface area is 165 Å². The number of para-hydroxylation sites is 1. The normalized spacial score (nSPS) is 18.0. The lowest BCUT2D eigenvalue weighted by molar-refractivity contribution is 0.0598. The highest BCUT2D eigenvalue weighted by Crippen LogP contribution is 2.39. The Balaban J connectivity index is 1.69. The van der Waals surface area contributed by atoms with Crippen molar-refractivity contribution >= 4 is 11.9 Å². The highest BCUT2D eigenvalue weighted by atomic mass is 16.5. The molecule has 1 aliphatic heterocycles. The number of carbonyl (C=O) groups is 1. The maximum Gasteiger partial charge on any atom is 0.341 e. The number of ether oxygens (including phenoxy) is 2. The summed E-state index contributed by atoms with van der Waals surface area (Å²) in [6.07, 6.45) is 0.803. The summed E-state index contributed by atoms with van der Waals surface area (Å²) in [6.45, 7) is 6.29. The maximum atomic E-state index is 11.7. The lowest BCUT2D eigenvalue weighted by Crippen LogP contribution is -2.45. The van der Waals surface area contributed by atoms with Crippen LogP contribution in [-0.2, 0) is 11.3 Å². The third-order valence-electron chi connectivity index (χ3n) is 4.72. The first kappa shape index (κ1) is 19.8. The highest BCUT2D eigenvalue weighted by Gasteiger charge is 2.34. The van der Waals surface area contributed by atoms with Gasteiger partial charge < -0.3 is 24.5 Å². The van der Waals surface area contributed by atoms with E-state index in [9.17, 15) is 4.79 Å². The number of guanidine groups is 1. The fraction of sp³-hybridized carbons (Fsp3) is 0.429. The van der Waals surface area contributed by atoms with E-state index in [0.29, 0.717) is 29.6 Å². The number of benzene rings is 1. The zero-order valence-corrected chi connectivity index (χ0v) is 17.0. The van der Waals surface area contributed by atoms with Crippen LogP contribution in [0.3, 0.4) is 0 Å². The Hall–Kier alpha value is -2.96. The van der Waals surface area contributed by atoms with Crippen molar-refractivity contribution in [3.8, 4) is 5.75 Å². The minimum absolute atomic E-state index is 0.0649. The SMILES string of the molecule is CN=C(NCc1cc(C(=O)OC)c(C)o1)NC1CC(C)(C)Oc2ccccc21. The number of hydrogen-bond donors (Lipinski definition) is 2. The molecule has 0 bridgehead atoms. The Morgan fingerprint density at radius 2 is 2.11 bits per heavy atom. The fourth-order valence-corrected chi connectivity index (χ4v) is 3.40. The van der Waals surface area contributed by atoms with Gasteiger partial charge in [0.2, 0.25) is 0 Å². The topological polar surface area (TPSA) is 85.1 Å². The van der Waals surface area contributed by atoms with Crippen LogP contribution in [0.15, 0.2) is 39.7 Å². The first-order valence-electron chi connectivity index (χ1n) is 9.25. The van der Waals surface area contributed by atoms with E-state index in [4.69, 9.17) is 13.9 Å². The quantitative estimate of drug-likeness (QED) is 0.477. The minimum atomic E-state index is -0.406. The van der Waals surface area contributed by atoms with E-state index in [1.807, 2.05) is 18.2 Å². The molecule has 0 saturated carbocycles. The molecule has 1 aliphatic rings. The van der Waals surface area contributed by atoms with E-state index in [0.717, 1.165) is 17.7 Å². The number of carbonyl (C=O) groups excluding carboxylic acids is 1. The van der Waals surface area contributed by atoms with Crippen LogP contribution >= 0.6 is 0 Å². The van der Waals surface area contributed by atoms with Gasteiger partial charge in [0, 0.05) is 19.0 Å². The number of aryl methyl sites for hydroxylation is 1. The Morgan fingerprint density at radius 3 is 2.82 bits per heavy atom. The Bertz CT molecular complexity index is 886. The van der Waals surface area contributed by atoms with Crippen LogP contribution < -0.4 is 15.4 Å². The van der Waals surface area contributed by atoms with Gasteiger partial charge in [-0.2, -0.15) is 0 Å². The van der Waals surface area contributed by atoms with Crippen LogP contribution in [0.4, 0.5) is 0 Å². The predicted octanol–water partition coefficient (Wildman–Crippen LogP) is 3.34. The Kier molecular flexibility index (Phi) is 5.63. The molecule has 1 unspecified atom stereocenters. The van der Waals surface area contributed by atoms with Crippen molar-refractivity contribution in [2.75, 3.05) is 14.2 Å². The molecule has 7 nitrogen and oxygen atoms in total. The van der Waals surface area contributed by atoms with Crippen molar-refractivity contribution in [2.24, 2.45) is 4.99 Å². The van der Waals surface area contributed by atoms with E-state index >= 15 is 0 Å². The second-order valence-electron chi connectivity index (χ2n) is 7.40. The molecule has 0 spiro atoms. The third-order valence-corrected chi connectivity index (χ3v) is 4.72. The van der Waals surface area contributed by atoms with Gasteiger partial charge in [0.05, 0.1) is 19.7 Å². The lowest BCUT2D eigenvalue weighted by Gasteiger charge is -2.38. The zero-order chi connectivity index (χ0) is 20.3. The molecule has 2 N–H and O–H groups in total. The number of methoxy groups -OCH3 is 1. The van der Waals surface area contributed by atoms with Crippen LogP contribution in [0.5, 0.6) is 5.75 Å². The molecule has 28 heavy (non-hydrogen) atoms. The monoisotopic (exact) mass is 385 g/mol. The number of fused-ring (bicyclic) bond motifs is 1. The van der Waals surface area contributed by atoms with Gasteiger partial charge in [0.25, 0.3) is 0 Å². The summed E-state index contributed by atoms with van der Waals surface area (Å²) in [5, 5.41) is 6.71. The van der Waals surface area contributed by atoms with E-state index in [-0.39, 0.29) is 11.6 Å². The molecule has 0 saturated heterocycles. The molecule has 2 aromatic rings. The van der Waals surface area contributed by atoms with Crippen molar-refractivity contribution in [1.29, 1.82) is 0 Å². The number of rotatable bonds is 4. The summed E-state index contributed by atoms with van der Waals surface area (Å²) in [7, 11) is 3.07. The predicted molar refractivity (Wildman–Crippen MR) is 107 cm³/mol. The molecule has 2 heterocycles.